The maximum Gasteiger partial charge on any atom is 0.277 e. The van der Waals surface area contributed by atoms with E-state index in [2.05, 4.69) is 10.5 Å². The Morgan fingerprint density at radius 2 is 1.86 bits per heavy atom. The Morgan fingerprint density at radius 1 is 1.07 bits per heavy atom. The van der Waals surface area contributed by atoms with Gasteiger partial charge in [0, 0.05) is 16.8 Å². The molecule has 1 amide bonds. The van der Waals surface area contributed by atoms with Crippen molar-refractivity contribution in [1.29, 1.82) is 0 Å². The Balaban J connectivity index is 1.70. The quantitative estimate of drug-likeness (QED) is 0.712. The van der Waals surface area contributed by atoms with Crippen LogP contribution in [0.15, 0.2) is 76.5 Å². The fourth-order valence-electron chi connectivity index (χ4n) is 3.86. The molecule has 0 bridgehead atoms. The van der Waals surface area contributed by atoms with Crippen LogP contribution < -0.4 is 5.32 Å². The molecule has 6 nitrogen and oxygen atoms in total. The van der Waals surface area contributed by atoms with Crippen molar-refractivity contribution in [1.82, 2.24) is 0 Å². The van der Waals surface area contributed by atoms with Crippen LogP contribution in [0.1, 0.15) is 27.2 Å². The molecule has 3 aromatic rings. The third-order valence-electron chi connectivity index (χ3n) is 5.25. The Morgan fingerprint density at radius 3 is 2.61 bits per heavy atom. The number of para-hydroxylation sites is 1. The Hall–Kier alpha value is -3.67. The first kappa shape index (κ1) is 16.5. The average Bonchev–Trinajstić information content (AvgIpc) is 3.42. The van der Waals surface area contributed by atoms with Gasteiger partial charge in [-0.2, -0.15) is 0 Å². The van der Waals surface area contributed by atoms with Gasteiger partial charge >= 0.3 is 0 Å². The van der Waals surface area contributed by atoms with Crippen LogP contribution in [0.5, 0.6) is 0 Å². The zero-order chi connectivity index (χ0) is 19.3. The molecule has 0 saturated carbocycles. The number of nitrogens with zero attached hydrogens (tertiary/aromatic N) is 1. The summed E-state index contributed by atoms with van der Waals surface area (Å²) in [6.45, 7) is 1.98. The molecule has 0 unspecified atom stereocenters. The summed E-state index contributed by atoms with van der Waals surface area (Å²) in [6, 6.07) is 18.0. The molecule has 1 N–H and O–H groups in total. The second kappa shape index (κ2) is 5.92. The highest BCUT2D eigenvalue weighted by Gasteiger charge is 2.63. The lowest BCUT2D eigenvalue weighted by Gasteiger charge is -2.26. The number of benzene rings is 2. The van der Waals surface area contributed by atoms with Crippen LogP contribution in [0.4, 0.5) is 5.69 Å². The SMILES string of the molecule is Cc1ccc(C2=NO[C@@]3(C(=O)Nc4ccccc43)[C@@H]2C(=O)c2ccco2)cc1. The summed E-state index contributed by atoms with van der Waals surface area (Å²) in [6.07, 6.45) is 1.43. The topological polar surface area (TPSA) is 80.9 Å². The van der Waals surface area contributed by atoms with Crippen LogP contribution in [0, 0.1) is 12.8 Å². The number of carbonyl (C=O) groups is 2. The van der Waals surface area contributed by atoms with E-state index in [1.54, 1.807) is 24.3 Å². The maximum atomic E-state index is 13.4. The monoisotopic (exact) mass is 372 g/mol. The van der Waals surface area contributed by atoms with E-state index in [4.69, 9.17) is 9.25 Å². The van der Waals surface area contributed by atoms with E-state index in [0.717, 1.165) is 11.1 Å². The fourth-order valence-corrected chi connectivity index (χ4v) is 3.86. The molecule has 138 valence electrons. The van der Waals surface area contributed by atoms with Gasteiger partial charge in [-0.05, 0) is 25.1 Å². The normalized spacial score (nSPS) is 22.5. The lowest BCUT2D eigenvalue weighted by molar-refractivity contribution is -0.140. The minimum absolute atomic E-state index is 0.159. The molecule has 3 heterocycles. The van der Waals surface area contributed by atoms with Crippen molar-refractivity contribution in [2.75, 3.05) is 5.32 Å². The summed E-state index contributed by atoms with van der Waals surface area (Å²) < 4.78 is 5.35. The van der Waals surface area contributed by atoms with E-state index in [0.29, 0.717) is 17.0 Å². The van der Waals surface area contributed by atoms with Crippen LogP contribution in [-0.2, 0) is 15.2 Å². The van der Waals surface area contributed by atoms with E-state index in [1.165, 1.54) is 6.26 Å². The molecule has 2 aromatic carbocycles. The van der Waals surface area contributed by atoms with Crippen molar-refractivity contribution in [3.8, 4) is 0 Å². The highest BCUT2D eigenvalue weighted by molar-refractivity contribution is 6.24. The number of carbonyl (C=O) groups excluding carboxylic acids is 2. The molecule has 6 heteroatoms. The Bertz CT molecular complexity index is 1120. The number of hydrogen-bond acceptors (Lipinski definition) is 5. The van der Waals surface area contributed by atoms with Gasteiger partial charge in [0.2, 0.25) is 5.78 Å². The van der Waals surface area contributed by atoms with Gasteiger partial charge in [-0.15, -0.1) is 0 Å². The van der Waals surface area contributed by atoms with Gasteiger partial charge in [-0.25, -0.2) is 0 Å². The summed E-state index contributed by atoms with van der Waals surface area (Å²) in [7, 11) is 0. The molecule has 2 aliphatic rings. The van der Waals surface area contributed by atoms with Gasteiger partial charge in [0.15, 0.2) is 5.76 Å². The number of fused-ring (bicyclic) bond motifs is 2. The van der Waals surface area contributed by atoms with E-state index in [-0.39, 0.29) is 11.5 Å². The molecule has 5 rings (SSSR count). The number of hydrogen-bond donors (Lipinski definition) is 1. The van der Waals surface area contributed by atoms with Crippen LogP contribution in [-0.4, -0.2) is 17.4 Å². The largest absolute Gasteiger partial charge is 0.461 e. The number of anilines is 1. The van der Waals surface area contributed by atoms with E-state index < -0.39 is 17.4 Å². The molecule has 1 spiro atoms. The maximum absolute atomic E-state index is 13.4. The molecule has 28 heavy (non-hydrogen) atoms. The van der Waals surface area contributed by atoms with Crippen LogP contribution in [0.25, 0.3) is 0 Å². The smallest absolute Gasteiger partial charge is 0.277 e. The van der Waals surface area contributed by atoms with E-state index >= 15 is 0 Å². The lowest BCUT2D eigenvalue weighted by Crippen LogP contribution is -2.46. The second-order valence-electron chi connectivity index (χ2n) is 6.94. The highest BCUT2D eigenvalue weighted by Crippen LogP contribution is 2.49. The molecular formula is C22H16N2O4. The molecule has 0 radical (unpaired) electrons. The number of ketones is 1. The number of nitrogens with one attached hydrogen (secondary N) is 1. The summed E-state index contributed by atoms with van der Waals surface area (Å²) in [4.78, 5) is 32.3. The molecule has 1 aromatic heterocycles. The second-order valence-corrected chi connectivity index (χ2v) is 6.94. The molecule has 2 aliphatic heterocycles. The molecule has 0 saturated heterocycles. The van der Waals surface area contributed by atoms with Crippen LogP contribution >= 0.6 is 0 Å². The van der Waals surface area contributed by atoms with Gasteiger partial charge in [-0.1, -0.05) is 53.2 Å². The molecule has 0 aliphatic carbocycles. The summed E-state index contributed by atoms with van der Waals surface area (Å²) in [5, 5.41) is 7.05. The minimum atomic E-state index is -1.55. The summed E-state index contributed by atoms with van der Waals surface area (Å²) in [5.74, 6) is -1.57. The van der Waals surface area contributed by atoms with Crippen LogP contribution in [0.2, 0.25) is 0 Å². The first-order valence-electron chi connectivity index (χ1n) is 8.93. The standard InChI is InChI=1S/C22H16N2O4/c1-13-8-10-14(11-9-13)19-18(20(25)17-7-4-12-27-17)22(28-24-19)15-5-2-3-6-16(15)23-21(22)26/h2-12,18H,1H3,(H,23,26)/t18-,22+/m0/s1. The number of rotatable bonds is 3. The van der Waals surface area contributed by atoms with Crippen molar-refractivity contribution >= 4 is 23.1 Å². The van der Waals surface area contributed by atoms with Gasteiger partial charge < -0.3 is 14.6 Å². The zero-order valence-corrected chi connectivity index (χ0v) is 15.0. The first-order chi connectivity index (χ1) is 13.6. The van der Waals surface area contributed by atoms with Crippen LogP contribution in [0.3, 0.4) is 0 Å². The predicted molar refractivity (Wildman–Crippen MR) is 102 cm³/mol. The average molecular weight is 372 g/mol. The predicted octanol–water partition coefficient (Wildman–Crippen LogP) is 3.67. The Labute approximate surface area is 160 Å². The van der Waals surface area contributed by atoms with E-state index in [9.17, 15) is 9.59 Å². The van der Waals surface area contributed by atoms with Crippen molar-refractivity contribution in [2.45, 2.75) is 12.5 Å². The Kier molecular flexibility index (Phi) is 3.49. The number of aryl methyl sites for hydroxylation is 1. The number of amides is 1. The van der Waals surface area contributed by atoms with Crippen molar-refractivity contribution < 1.29 is 18.8 Å². The highest BCUT2D eigenvalue weighted by atomic mass is 16.7. The molecule has 2 atom stereocenters. The first-order valence-corrected chi connectivity index (χ1v) is 8.93. The minimum Gasteiger partial charge on any atom is -0.461 e. The van der Waals surface area contributed by atoms with Crippen molar-refractivity contribution in [3.63, 3.8) is 0 Å². The number of oxime groups is 1. The van der Waals surface area contributed by atoms with Crippen molar-refractivity contribution in [3.05, 3.63) is 89.4 Å². The number of Topliss-reactive ketones (excluding diaryl/α,β-unsaturated/α-hetero) is 1. The van der Waals surface area contributed by atoms with Crippen molar-refractivity contribution in [2.24, 2.45) is 11.1 Å². The fraction of sp³-hybridized carbons (Fsp3) is 0.136. The summed E-state index contributed by atoms with van der Waals surface area (Å²) >= 11 is 0. The third kappa shape index (κ3) is 2.18. The molecule has 0 fully saturated rings. The summed E-state index contributed by atoms with van der Waals surface area (Å²) in [5.41, 5.74) is 1.87. The van der Waals surface area contributed by atoms with Gasteiger partial charge in [-0.3, -0.25) is 9.59 Å². The zero-order valence-electron chi connectivity index (χ0n) is 15.0. The van der Waals surface area contributed by atoms with Gasteiger partial charge in [0.1, 0.15) is 11.6 Å². The third-order valence-corrected chi connectivity index (χ3v) is 5.25. The number of furan rings is 1. The molecular weight excluding hydrogens is 356 g/mol. The lowest BCUT2D eigenvalue weighted by atomic mass is 9.75. The van der Waals surface area contributed by atoms with Gasteiger partial charge in [0.25, 0.3) is 11.5 Å². The van der Waals surface area contributed by atoms with E-state index in [1.807, 2.05) is 43.3 Å². The van der Waals surface area contributed by atoms with Gasteiger partial charge in [0.05, 0.1) is 6.26 Å².